The Bertz CT molecular complexity index is 308. The molecule has 0 aliphatic carbocycles. The summed E-state index contributed by atoms with van der Waals surface area (Å²) < 4.78 is 6.12. The normalized spacial score (nSPS) is 12.1. The van der Waals surface area contributed by atoms with Gasteiger partial charge in [-0.05, 0) is 30.7 Å². The quantitative estimate of drug-likeness (QED) is 0.819. The largest absolute Gasteiger partial charge is 0.546 e. The first kappa shape index (κ1) is 11.0. The zero-order valence-electron chi connectivity index (χ0n) is 7.70. The number of halogens is 1. The fourth-order valence-corrected chi connectivity index (χ4v) is 1.24. The Labute approximate surface area is 90.8 Å². The molecule has 0 spiro atoms. The molecule has 0 saturated carbocycles. The molecule has 0 aliphatic rings. The number of hydrogen-bond donors (Lipinski definition) is 0. The van der Waals surface area contributed by atoms with E-state index in [9.17, 15) is 9.90 Å². The molecule has 14 heavy (non-hydrogen) atoms. The molecule has 4 heteroatoms. The van der Waals surface area contributed by atoms with Gasteiger partial charge in [-0.15, -0.1) is 0 Å². The fourth-order valence-electron chi connectivity index (χ4n) is 0.976. The summed E-state index contributed by atoms with van der Waals surface area (Å²) in [6.07, 6.45) is -0.491. The average molecular weight is 258 g/mol. The number of aliphatic carboxylic acids is 1. The molecule has 76 valence electrons. The van der Waals surface area contributed by atoms with Crippen molar-refractivity contribution in [1.29, 1.82) is 0 Å². The van der Waals surface area contributed by atoms with E-state index in [1.807, 2.05) is 0 Å². The molecule has 0 amide bonds. The van der Waals surface area contributed by atoms with Gasteiger partial charge in [0.2, 0.25) is 0 Å². The lowest BCUT2D eigenvalue weighted by Crippen LogP contribution is -2.39. The minimum Gasteiger partial charge on any atom is -0.546 e. The number of rotatable bonds is 4. The summed E-state index contributed by atoms with van der Waals surface area (Å²) in [5.74, 6) is -0.653. The molecule has 1 atom stereocenters. The molecule has 0 unspecified atom stereocenters. The lowest BCUT2D eigenvalue weighted by molar-refractivity contribution is -0.313. The molecule has 0 heterocycles. The van der Waals surface area contributed by atoms with Crippen LogP contribution in [0.2, 0.25) is 0 Å². The van der Waals surface area contributed by atoms with Crippen LogP contribution in [0.1, 0.15) is 13.3 Å². The zero-order valence-corrected chi connectivity index (χ0v) is 9.28. The number of ether oxygens (including phenoxy) is 1. The Morgan fingerprint density at radius 3 is 2.50 bits per heavy atom. The Morgan fingerprint density at radius 2 is 2.07 bits per heavy atom. The van der Waals surface area contributed by atoms with Gasteiger partial charge in [-0.25, -0.2) is 0 Å². The van der Waals surface area contributed by atoms with E-state index in [0.717, 1.165) is 4.47 Å². The first-order valence-corrected chi connectivity index (χ1v) is 5.06. The van der Waals surface area contributed by atoms with E-state index < -0.39 is 12.1 Å². The lowest BCUT2D eigenvalue weighted by atomic mass is 10.3. The van der Waals surface area contributed by atoms with Crippen molar-refractivity contribution in [3.63, 3.8) is 0 Å². The van der Waals surface area contributed by atoms with E-state index in [2.05, 4.69) is 15.9 Å². The molecule has 0 radical (unpaired) electrons. The smallest absolute Gasteiger partial charge is 0.138 e. The van der Waals surface area contributed by atoms with E-state index in [-0.39, 0.29) is 0 Å². The molecule has 0 aromatic heterocycles. The summed E-state index contributed by atoms with van der Waals surface area (Å²) in [5.41, 5.74) is 0. The SMILES string of the molecule is CC[C@H](Oc1ccc(Br)cc1)C(=O)[O-]. The maximum absolute atomic E-state index is 10.6. The molecular formula is C10H10BrO3-. The van der Waals surface area contributed by atoms with Crippen LogP contribution < -0.4 is 9.84 Å². The Balaban J connectivity index is 2.67. The highest BCUT2D eigenvalue weighted by Gasteiger charge is 2.08. The van der Waals surface area contributed by atoms with E-state index >= 15 is 0 Å². The molecule has 3 nitrogen and oxygen atoms in total. The van der Waals surface area contributed by atoms with Crippen molar-refractivity contribution in [3.8, 4) is 5.75 Å². The molecule has 1 aromatic carbocycles. The third-order valence-corrected chi connectivity index (χ3v) is 2.25. The first-order chi connectivity index (χ1) is 6.63. The predicted octanol–water partition coefficient (Wildman–Crippen LogP) is 1.36. The highest BCUT2D eigenvalue weighted by molar-refractivity contribution is 9.10. The summed E-state index contributed by atoms with van der Waals surface area (Å²) in [6, 6.07) is 6.99. The van der Waals surface area contributed by atoms with Crippen LogP contribution in [0.5, 0.6) is 5.75 Å². The minimum absolute atomic E-state index is 0.387. The summed E-state index contributed by atoms with van der Waals surface area (Å²) in [4.78, 5) is 10.6. The van der Waals surface area contributed by atoms with Crippen molar-refractivity contribution in [2.24, 2.45) is 0 Å². The summed E-state index contributed by atoms with van der Waals surface area (Å²) >= 11 is 3.27. The van der Waals surface area contributed by atoms with E-state index in [1.54, 1.807) is 31.2 Å². The van der Waals surface area contributed by atoms with E-state index in [0.29, 0.717) is 12.2 Å². The Morgan fingerprint density at radius 1 is 1.50 bits per heavy atom. The second-order valence-corrected chi connectivity index (χ2v) is 3.70. The van der Waals surface area contributed by atoms with Crippen LogP contribution in [-0.2, 0) is 4.79 Å². The summed E-state index contributed by atoms with van der Waals surface area (Å²) in [7, 11) is 0. The van der Waals surface area contributed by atoms with Crippen LogP contribution in [0, 0.1) is 0 Å². The van der Waals surface area contributed by atoms with Gasteiger partial charge in [-0.3, -0.25) is 0 Å². The second kappa shape index (κ2) is 5.00. The molecule has 0 bridgehead atoms. The van der Waals surface area contributed by atoms with Crippen molar-refractivity contribution in [3.05, 3.63) is 28.7 Å². The Kier molecular flexibility index (Phi) is 3.95. The van der Waals surface area contributed by atoms with Crippen molar-refractivity contribution < 1.29 is 14.6 Å². The van der Waals surface area contributed by atoms with Crippen LogP contribution in [0.4, 0.5) is 0 Å². The van der Waals surface area contributed by atoms with Crippen LogP contribution in [-0.4, -0.2) is 12.1 Å². The van der Waals surface area contributed by atoms with Crippen LogP contribution in [0.15, 0.2) is 28.7 Å². The highest BCUT2D eigenvalue weighted by Crippen LogP contribution is 2.17. The highest BCUT2D eigenvalue weighted by atomic mass is 79.9. The lowest BCUT2D eigenvalue weighted by Gasteiger charge is -2.18. The Hall–Kier alpha value is -1.03. The van der Waals surface area contributed by atoms with Crippen molar-refractivity contribution >= 4 is 21.9 Å². The first-order valence-electron chi connectivity index (χ1n) is 4.26. The molecule has 0 N–H and O–H groups in total. The third-order valence-electron chi connectivity index (χ3n) is 1.73. The number of carboxylic acid groups (broad SMARTS) is 1. The molecule has 0 aliphatic heterocycles. The summed E-state index contributed by atoms with van der Waals surface area (Å²) in [5, 5.41) is 10.6. The summed E-state index contributed by atoms with van der Waals surface area (Å²) in [6.45, 7) is 1.74. The van der Waals surface area contributed by atoms with E-state index in [4.69, 9.17) is 4.74 Å². The maximum Gasteiger partial charge on any atom is 0.138 e. The van der Waals surface area contributed by atoms with Gasteiger partial charge in [0.15, 0.2) is 0 Å². The third kappa shape index (κ3) is 3.03. The molecule has 1 aromatic rings. The van der Waals surface area contributed by atoms with Crippen LogP contribution in [0.25, 0.3) is 0 Å². The minimum atomic E-state index is -1.18. The van der Waals surface area contributed by atoms with Gasteiger partial charge in [0.05, 0.1) is 5.97 Å². The monoisotopic (exact) mass is 257 g/mol. The molecule has 1 rings (SSSR count). The molecule has 0 fully saturated rings. The topological polar surface area (TPSA) is 49.4 Å². The number of benzene rings is 1. The zero-order chi connectivity index (χ0) is 10.6. The van der Waals surface area contributed by atoms with Crippen molar-refractivity contribution in [2.75, 3.05) is 0 Å². The number of carbonyl (C=O) groups is 1. The van der Waals surface area contributed by atoms with Gasteiger partial charge < -0.3 is 14.6 Å². The van der Waals surface area contributed by atoms with Gasteiger partial charge in [-0.1, -0.05) is 22.9 Å². The maximum atomic E-state index is 10.6. The number of carboxylic acids is 1. The number of hydrogen-bond acceptors (Lipinski definition) is 3. The van der Waals surface area contributed by atoms with Gasteiger partial charge in [0, 0.05) is 4.47 Å². The molecular weight excluding hydrogens is 248 g/mol. The van der Waals surface area contributed by atoms with Crippen molar-refractivity contribution in [1.82, 2.24) is 0 Å². The second-order valence-electron chi connectivity index (χ2n) is 2.79. The predicted molar refractivity (Wildman–Crippen MR) is 53.9 cm³/mol. The van der Waals surface area contributed by atoms with Gasteiger partial charge in [0.25, 0.3) is 0 Å². The van der Waals surface area contributed by atoms with Gasteiger partial charge in [0.1, 0.15) is 11.9 Å². The van der Waals surface area contributed by atoms with Crippen LogP contribution >= 0.6 is 15.9 Å². The van der Waals surface area contributed by atoms with Crippen LogP contribution in [0.3, 0.4) is 0 Å². The standard InChI is InChI=1S/C10H11BrO3/c1-2-9(10(12)13)14-8-5-3-7(11)4-6-8/h3-6,9H,2H2,1H3,(H,12,13)/p-1/t9-/m0/s1. The fraction of sp³-hybridized carbons (Fsp3) is 0.300. The van der Waals surface area contributed by atoms with Gasteiger partial charge in [-0.2, -0.15) is 0 Å². The van der Waals surface area contributed by atoms with E-state index in [1.165, 1.54) is 0 Å². The number of carbonyl (C=O) groups excluding carboxylic acids is 1. The average Bonchev–Trinajstić information content (AvgIpc) is 2.16. The van der Waals surface area contributed by atoms with Gasteiger partial charge >= 0.3 is 0 Å². The van der Waals surface area contributed by atoms with Crippen molar-refractivity contribution in [2.45, 2.75) is 19.4 Å². The molecule has 0 saturated heterocycles.